The van der Waals surface area contributed by atoms with E-state index in [0.717, 1.165) is 31.9 Å². The molecule has 0 saturated carbocycles. The van der Waals surface area contributed by atoms with E-state index in [0.29, 0.717) is 6.42 Å². The van der Waals surface area contributed by atoms with Gasteiger partial charge in [0.2, 0.25) is 5.91 Å². The first-order valence-electron chi connectivity index (χ1n) is 8.00. The average molecular weight is 333 g/mol. The molecular weight excluding hydrogens is 312 g/mol. The summed E-state index contributed by atoms with van der Waals surface area (Å²) in [5.41, 5.74) is 0.931. The average Bonchev–Trinajstić information content (AvgIpc) is 2.58. The molecule has 3 heterocycles. The summed E-state index contributed by atoms with van der Waals surface area (Å²) in [6.45, 7) is 3.42. The quantitative estimate of drug-likeness (QED) is 0.454. The van der Waals surface area contributed by atoms with Gasteiger partial charge in [-0.25, -0.2) is 9.36 Å². The van der Waals surface area contributed by atoms with Crippen LogP contribution < -0.4 is 26.3 Å². The molecule has 0 aromatic carbocycles. The van der Waals surface area contributed by atoms with Crippen LogP contribution in [0.3, 0.4) is 0 Å². The number of piperidine rings is 1. The first-order chi connectivity index (χ1) is 11.5. The van der Waals surface area contributed by atoms with Crippen LogP contribution in [0.1, 0.15) is 12.8 Å². The lowest BCUT2D eigenvalue weighted by atomic mass is 10.1. The number of carbonyl (C=O) groups is 3. The van der Waals surface area contributed by atoms with Gasteiger partial charge in [0.15, 0.2) is 6.04 Å². The number of hydrogen-bond donors (Lipinski definition) is 4. The van der Waals surface area contributed by atoms with Gasteiger partial charge >= 0.3 is 6.03 Å². The van der Waals surface area contributed by atoms with Crippen LogP contribution in [0, 0.1) is 5.41 Å². The molecule has 1 atom stereocenters. The summed E-state index contributed by atoms with van der Waals surface area (Å²) >= 11 is 0. The van der Waals surface area contributed by atoms with Crippen LogP contribution in [0.4, 0.5) is 10.5 Å². The van der Waals surface area contributed by atoms with E-state index >= 15 is 0 Å². The van der Waals surface area contributed by atoms with Crippen molar-refractivity contribution in [2.24, 2.45) is 0 Å². The lowest BCUT2D eigenvalue weighted by Gasteiger charge is -2.29. The van der Waals surface area contributed by atoms with Gasteiger partial charge < -0.3 is 10.2 Å². The molecule has 1 unspecified atom stereocenters. The van der Waals surface area contributed by atoms with Gasteiger partial charge in [0, 0.05) is 45.2 Å². The maximum atomic E-state index is 12.5. The molecule has 128 valence electrons. The molecule has 1 aromatic rings. The van der Waals surface area contributed by atoms with Crippen molar-refractivity contribution < 1.29 is 19.7 Å². The molecule has 0 aliphatic carbocycles. The largest absolute Gasteiger partial charge is 0.426 e. The molecule has 0 radical (unpaired) electrons. The van der Waals surface area contributed by atoms with E-state index in [2.05, 4.69) is 15.5 Å². The van der Waals surface area contributed by atoms with Crippen LogP contribution in [0.25, 0.3) is 0 Å². The normalized spacial score (nSPS) is 21.5. The van der Waals surface area contributed by atoms with Crippen molar-refractivity contribution in [1.82, 2.24) is 15.2 Å². The molecular formula is C15H21N6O3+. The number of amides is 3. The Labute approximate surface area is 138 Å². The third-order valence-electron chi connectivity index (χ3n) is 4.28. The Bertz CT molecular complexity index is 722. The van der Waals surface area contributed by atoms with Crippen LogP contribution in [0.15, 0.2) is 18.3 Å². The highest BCUT2D eigenvalue weighted by molar-refractivity contribution is 5.99. The fraction of sp³-hybridized carbons (Fsp3) is 0.467. The Morgan fingerprint density at radius 1 is 1.25 bits per heavy atom. The first kappa shape index (κ1) is 16.3. The number of carbonyl (C=O) groups excluding carboxylic acids is 3. The lowest BCUT2D eigenvalue weighted by molar-refractivity contribution is -0.583. The van der Waals surface area contributed by atoms with Crippen LogP contribution in [-0.2, 0) is 9.59 Å². The number of piperazine rings is 1. The minimum absolute atomic E-state index is 0.0578. The smallest absolute Gasteiger partial charge is 0.368 e. The third kappa shape index (κ3) is 3.52. The maximum Gasteiger partial charge on any atom is 0.426 e. The van der Waals surface area contributed by atoms with Crippen molar-refractivity contribution in [1.29, 1.82) is 5.41 Å². The summed E-state index contributed by atoms with van der Waals surface area (Å²) in [4.78, 5) is 37.6. The van der Waals surface area contributed by atoms with E-state index in [1.165, 1.54) is 9.88 Å². The van der Waals surface area contributed by atoms with Crippen LogP contribution in [0.5, 0.6) is 0 Å². The summed E-state index contributed by atoms with van der Waals surface area (Å²) in [6.07, 6.45) is 2.18. The van der Waals surface area contributed by atoms with Gasteiger partial charge in [-0.1, -0.05) is 0 Å². The van der Waals surface area contributed by atoms with E-state index in [9.17, 15) is 14.4 Å². The predicted molar refractivity (Wildman–Crippen MR) is 84.3 cm³/mol. The maximum absolute atomic E-state index is 12.5. The number of pyridine rings is 1. The molecule has 3 rings (SSSR count). The second-order valence-corrected chi connectivity index (χ2v) is 5.94. The molecule has 2 aliphatic rings. The lowest BCUT2D eigenvalue weighted by Crippen LogP contribution is -2.97. The SMILES string of the molecule is N=c1ccc(N2CCNCC2)cn1C(=O)[NH2+]C1CCC(=O)NC1=O. The van der Waals surface area contributed by atoms with E-state index in [4.69, 9.17) is 5.41 Å². The monoisotopic (exact) mass is 333 g/mol. The van der Waals surface area contributed by atoms with E-state index in [1.54, 1.807) is 12.3 Å². The number of hydrogen-bond acceptors (Lipinski definition) is 6. The molecule has 2 saturated heterocycles. The molecule has 5 N–H and O–H groups in total. The Morgan fingerprint density at radius 2 is 2.00 bits per heavy atom. The zero-order valence-corrected chi connectivity index (χ0v) is 13.2. The van der Waals surface area contributed by atoms with Crippen molar-refractivity contribution in [2.45, 2.75) is 18.9 Å². The Kier molecular flexibility index (Phi) is 4.72. The van der Waals surface area contributed by atoms with Gasteiger partial charge in [0.05, 0.1) is 5.69 Å². The molecule has 2 aliphatic heterocycles. The summed E-state index contributed by atoms with van der Waals surface area (Å²) in [5.74, 6) is -0.767. The minimum Gasteiger partial charge on any atom is -0.368 e. The highest BCUT2D eigenvalue weighted by Gasteiger charge is 2.32. The zero-order chi connectivity index (χ0) is 17.1. The fourth-order valence-electron chi connectivity index (χ4n) is 2.90. The Morgan fingerprint density at radius 3 is 2.71 bits per heavy atom. The van der Waals surface area contributed by atoms with Crippen LogP contribution in [0.2, 0.25) is 0 Å². The topological polar surface area (TPSA) is 124 Å². The summed E-state index contributed by atoms with van der Waals surface area (Å²) in [7, 11) is 0. The van der Waals surface area contributed by atoms with Gasteiger partial charge in [0.25, 0.3) is 5.91 Å². The number of nitrogens with one attached hydrogen (secondary N) is 3. The number of aromatic nitrogens is 1. The number of nitrogens with two attached hydrogens (primary N) is 1. The predicted octanol–water partition coefficient (Wildman–Crippen LogP) is -2.29. The summed E-state index contributed by atoms with van der Waals surface area (Å²) < 4.78 is 1.24. The van der Waals surface area contributed by atoms with Crippen molar-refractivity contribution in [3.8, 4) is 0 Å². The van der Waals surface area contributed by atoms with Crippen molar-refractivity contribution in [3.63, 3.8) is 0 Å². The highest BCUT2D eigenvalue weighted by Crippen LogP contribution is 2.11. The van der Waals surface area contributed by atoms with Gasteiger partial charge in [-0.2, -0.15) is 0 Å². The Hall–Kier alpha value is -2.52. The van der Waals surface area contributed by atoms with Crippen LogP contribution in [-0.4, -0.2) is 54.6 Å². The van der Waals surface area contributed by atoms with Gasteiger partial charge in [-0.05, 0) is 12.1 Å². The molecule has 0 bridgehead atoms. The number of imide groups is 1. The fourth-order valence-corrected chi connectivity index (χ4v) is 2.90. The molecule has 2 fully saturated rings. The molecule has 3 amide bonds. The number of primary amides is 1. The second-order valence-electron chi connectivity index (χ2n) is 5.94. The molecule has 9 nitrogen and oxygen atoms in total. The van der Waals surface area contributed by atoms with E-state index in [-0.39, 0.29) is 17.8 Å². The number of rotatable bonds is 2. The highest BCUT2D eigenvalue weighted by atomic mass is 16.2. The van der Waals surface area contributed by atoms with Crippen molar-refractivity contribution in [2.75, 3.05) is 31.1 Å². The first-order valence-corrected chi connectivity index (χ1v) is 8.00. The third-order valence-corrected chi connectivity index (χ3v) is 4.28. The second kappa shape index (κ2) is 6.93. The minimum atomic E-state index is -0.634. The van der Waals surface area contributed by atoms with Crippen molar-refractivity contribution in [3.05, 3.63) is 23.8 Å². The Balaban J connectivity index is 1.75. The van der Waals surface area contributed by atoms with Gasteiger partial charge in [0.1, 0.15) is 5.49 Å². The van der Waals surface area contributed by atoms with E-state index < -0.39 is 18.0 Å². The number of anilines is 1. The van der Waals surface area contributed by atoms with Gasteiger partial charge in [-0.3, -0.25) is 25.6 Å². The molecule has 1 aromatic heterocycles. The summed E-state index contributed by atoms with van der Waals surface area (Å²) in [5, 5.41) is 14.7. The standard InChI is InChI=1S/C15H20N6O3/c16-12-3-1-10(20-7-5-17-6-8-20)9-21(12)15(24)18-11-2-4-13(22)19-14(11)23/h1,3,9,11,16-17H,2,4-8H2,(H,18,24)(H,19,22,23)/p+1. The molecule has 24 heavy (non-hydrogen) atoms. The summed E-state index contributed by atoms with van der Waals surface area (Å²) in [6, 6.07) is 2.34. The molecule has 0 spiro atoms. The van der Waals surface area contributed by atoms with Gasteiger partial charge in [-0.15, -0.1) is 0 Å². The van der Waals surface area contributed by atoms with Crippen LogP contribution >= 0.6 is 0 Å². The van der Waals surface area contributed by atoms with E-state index in [1.807, 2.05) is 6.07 Å². The zero-order valence-electron chi connectivity index (χ0n) is 13.2. The number of nitrogens with zero attached hydrogens (tertiary/aromatic N) is 2. The number of quaternary nitrogens is 1. The molecule has 9 heteroatoms. The van der Waals surface area contributed by atoms with Crippen molar-refractivity contribution >= 4 is 23.5 Å².